The topological polar surface area (TPSA) is 139 Å². The van der Waals surface area contributed by atoms with Gasteiger partial charge in [-0.15, -0.1) is 0 Å². The summed E-state index contributed by atoms with van der Waals surface area (Å²) >= 11 is 0. The van der Waals surface area contributed by atoms with Crippen LogP contribution in [0.25, 0.3) is 43.1 Å². The van der Waals surface area contributed by atoms with Gasteiger partial charge in [-0.25, -0.2) is 20.0 Å². The number of rotatable bonds is 4. The van der Waals surface area contributed by atoms with Gasteiger partial charge in [0.15, 0.2) is 0 Å². The average Bonchev–Trinajstić information content (AvgIpc) is 4.10. The summed E-state index contributed by atoms with van der Waals surface area (Å²) in [5.74, 6) is 2.99. The molecule has 4 aromatic carbocycles. The van der Waals surface area contributed by atoms with Gasteiger partial charge < -0.3 is 59.1 Å². The molecule has 8 bridgehead atoms. The van der Waals surface area contributed by atoms with E-state index in [1.165, 1.54) is 22.7 Å². The molecule has 5 aliphatic heterocycles. The van der Waals surface area contributed by atoms with Crippen molar-refractivity contribution >= 4 is 89.1 Å². The van der Waals surface area contributed by atoms with E-state index in [4.69, 9.17) is 20.0 Å². The van der Waals surface area contributed by atoms with E-state index in [1.54, 1.807) is 0 Å². The molecule has 348 valence electrons. The van der Waals surface area contributed by atoms with Crippen molar-refractivity contribution in [1.82, 2.24) is 39.5 Å². The molecule has 8 aromatic rings. The highest BCUT2D eigenvalue weighted by Crippen LogP contribution is 2.51. The average molecular weight is 909 g/mol. The second kappa shape index (κ2) is 16.5. The monoisotopic (exact) mass is 909 g/mol. The van der Waals surface area contributed by atoms with Gasteiger partial charge in [0.2, 0.25) is 0 Å². The van der Waals surface area contributed by atoms with Gasteiger partial charge in [0.1, 0.15) is 45.2 Å². The molecule has 4 N–H and O–H groups in total. The van der Waals surface area contributed by atoms with Crippen molar-refractivity contribution in [2.45, 2.75) is 0 Å². The number of nitrogens with zero attached hydrogens (tertiary/aromatic N) is 12. The van der Waals surface area contributed by atoms with Crippen molar-refractivity contribution in [2.24, 2.45) is 20.0 Å². The van der Waals surface area contributed by atoms with Crippen molar-refractivity contribution in [3.8, 4) is 0 Å². The molecule has 16 heteroatoms. The minimum atomic E-state index is 0.737. The summed E-state index contributed by atoms with van der Waals surface area (Å²) in [6.07, 6.45) is 0. The van der Waals surface area contributed by atoms with Crippen LogP contribution in [-0.2, 0) is 0 Å². The molecule has 13 rings (SSSR count). The molecular formula is C52H60N16. The van der Waals surface area contributed by atoms with Crippen LogP contribution in [0.1, 0.15) is 0 Å². The van der Waals surface area contributed by atoms with Gasteiger partial charge >= 0.3 is 0 Å². The smallest absolute Gasteiger partial charge is 0.144 e. The quantitative estimate of drug-likeness (QED) is 0.199. The second-order valence-corrected chi connectivity index (χ2v) is 19.7. The Labute approximate surface area is 394 Å². The molecule has 4 fully saturated rings. The van der Waals surface area contributed by atoms with E-state index >= 15 is 0 Å². The van der Waals surface area contributed by atoms with Crippen LogP contribution in [-0.4, -0.2) is 172 Å². The number of likely N-dealkylation sites (N-methyl/N-ethyl adjacent to an activating group) is 4. The number of aromatic nitrogens is 4. The Morgan fingerprint density at radius 3 is 0.853 bits per heavy atom. The predicted molar refractivity (Wildman–Crippen MR) is 275 cm³/mol. The molecule has 0 radical (unpaired) electrons. The maximum absolute atomic E-state index is 5.79. The number of nitrogens with one attached hydrogen (secondary N) is 4. The molecule has 0 saturated carbocycles. The van der Waals surface area contributed by atoms with Gasteiger partial charge in [-0.05, 0) is 28.2 Å². The Morgan fingerprint density at radius 2 is 0.544 bits per heavy atom. The fourth-order valence-electron chi connectivity index (χ4n) is 11.3. The van der Waals surface area contributed by atoms with Crippen LogP contribution in [0.5, 0.6) is 0 Å². The van der Waals surface area contributed by atoms with Gasteiger partial charge in [0, 0.05) is 137 Å². The first-order chi connectivity index (χ1) is 33.3. The third-order valence-corrected chi connectivity index (χ3v) is 15.3. The summed E-state index contributed by atoms with van der Waals surface area (Å²) in [5, 5.41) is 8.24. The van der Waals surface area contributed by atoms with Crippen molar-refractivity contribution in [1.29, 1.82) is 0 Å². The van der Waals surface area contributed by atoms with E-state index in [0.717, 1.165) is 193 Å². The maximum atomic E-state index is 5.79. The minimum Gasteiger partial charge on any atom is -0.367 e. The molecule has 0 unspecified atom stereocenters. The first-order valence-corrected chi connectivity index (χ1v) is 24.5. The molecule has 0 amide bonds. The number of hydrogen-bond acceptors (Lipinski definition) is 12. The molecular weight excluding hydrogens is 849 g/mol. The van der Waals surface area contributed by atoms with Crippen LogP contribution in [0.3, 0.4) is 0 Å². The van der Waals surface area contributed by atoms with E-state index in [1.807, 2.05) is 0 Å². The van der Waals surface area contributed by atoms with Crippen LogP contribution in [0.2, 0.25) is 0 Å². The van der Waals surface area contributed by atoms with Gasteiger partial charge in [-0.2, -0.15) is 0 Å². The summed E-state index contributed by atoms with van der Waals surface area (Å²) in [5.41, 5.74) is 8.27. The third-order valence-electron chi connectivity index (χ3n) is 15.3. The highest BCUT2D eigenvalue weighted by Gasteiger charge is 2.37. The van der Waals surface area contributed by atoms with Gasteiger partial charge in [-0.1, -0.05) is 72.8 Å². The van der Waals surface area contributed by atoms with E-state index in [2.05, 4.69) is 160 Å². The van der Waals surface area contributed by atoms with Crippen molar-refractivity contribution < 1.29 is 0 Å². The van der Waals surface area contributed by atoms with Crippen LogP contribution in [0, 0.1) is 0 Å². The molecule has 4 aromatic heterocycles. The van der Waals surface area contributed by atoms with Crippen LogP contribution in [0.15, 0.2) is 92.8 Å². The van der Waals surface area contributed by atoms with Crippen molar-refractivity contribution in [3.05, 3.63) is 94.7 Å². The van der Waals surface area contributed by atoms with Crippen LogP contribution in [0.4, 0.5) is 46.0 Å². The first kappa shape index (κ1) is 41.5. The van der Waals surface area contributed by atoms with Crippen LogP contribution < -0.4 is 41.6 Å². The number of aromatic amines is 4. The van der Waals surface area contributed by atoms with Gasteiger partial charge in [0.25, 0.3) is 0 Å². The van der Waals surface area contributed by atoms with E-state index < -0.39 is 0 Å². The number of H-pyrrole nitrogens is 4. The van der Waals surface area contributed by atoms with Crippen molar-refractivity contribution in [3.63, 3.8) is 0 Å². The van der Waals surface area contributed by atoms with Crippen molar-refractivity contribution in [2.75, 3.05) is 153 Å². The zero-order chi connectivity index (χ0) is 45.6. The summed E-state index contributed by atoms with van der Waals surface area (Å²) in [7, 11) is 9.03. The normalized spacial score (nSPS) is 19.2. The maximum Gasteiger partial charge on any atom is 0.144 e. The number of fused-ring (bicyclic) bond motifs is 20. The Morgan fingerprint density at radius 1 is 0.294 bits per heavy atom. The lowest BCUT2D eigenvalue weighted by Gasteiger charge is -2.46. The SMILES string of the molecule is CN1CCN(c2c(N3CCN(C)CC3)c(N3CCN(C)CC3)c3c4[nH]c(c3c2N2CCN(C)CC2)=Nc2[nH]c(c3ccccc23)N=c2[nH]c(c3ccccc23)=Nc2[nH]c(c3ccccc23)N=4)CC1. The Hall–Kier alpha value is -6.72. The molecule has 0 aliphatic carbocycles. The second-order valence-electron chi connectivity index (χ2n) is 19.7. The largest absolute Gasteiger partial charge is 0.367 e. The standard InChI is InChI=1S/C52H60N16/c1-61-17-25-65(26-18-61)41-39-40(42(66-27-19-62(2)20-28-66)44(68-31-23-64(4)24-32-68)43(41)67-29-21-63(3)22-30-67)52-59-50-38-16-10-8-14-36(38)48(57-50)55-46-34-12-6-5-11-33(34)45(53-46)54-47-35-13-7-9-15-37(35)49(56-47)58-51(39)60-52/h5-16H,17-32H2,1-4H3,(H4,53,54,55,56,57,58,59,60). The highest BCUT2D eigenvalue weighted by molar-refractivity contribution is 6.15. The van der Waals surface area contributed by atoms with Crippen LogP contribution >= 0.6 is 0 Å². The van der Waals surface area contributed by atoms with Gasteiger partial charge in [0.05, 0.1) is 33.5 Å². The Bertz CT molecular complexity index is 3270. The minimum absolute atomic E-state index is 0.737. The van der Waals surface area contributed by atoms with E-state index in [-0.39, 0.29) is 0 Å². The summed E-state index contributed by atoms with van der Waals surface area (Å²) in [6, 6.07) is 25.3. The number of benzene rings is 4. The number of anilines is 4. The Kier molecular flexibility index (Phi) is 10.1. The van der Waals surface area contributed by atoms with Gasteiger partial charge in [-0.3, -0.25) is 0 Å². The Balaban J connectivity index is 1.23. The molecule has 9 heterocycles. The lowest BCUT2D eigenvalue weighted by Crippen LogP contribution is -2.50. The zero-order valence-electron chi connectivity index (χ0n) is 39.6. The summed E-state index contributed by atoms with van der Waals surface area (Å²) in [6.45, 7) is 15.3. The third kappa shape index (κ3) is 6.94. The number of piperazine rings is 4. The number of hydrogen-bond donors (Lipinski definition) is 4. The molecule has 0 atom stereocenters. The molecule has 0 spiro atoms. The fourth-order valence-corrected chi connectivity index (χ4v) is 11.3. The fraction of sp³-hybridized carbons (Fsp3) is 0.385. The molecule has 16 nitrogen and oxygen atoms in total. The lowest BCUT2D eigenvalue weighted by molar-refractivity contribution is 0.306. The first-order valence-electron chi connectivity index (χ1n) is 24.5. The predicted octanol–water partition coefficient (Wildman–Crippen LogP) is 4.74. The summed E-state index contributed by atoms with van der Waals surface area (Å²) < 4.78 is 0. The zero-order valence-corrected chi connectivity index (χ0v) is 39.6. The lowest BCUT2D eigenvalue weighted by atomic mass is 9.99. The molecule has 4 saturated heterocycles. The summed E-state index contributed by atoms with van der Waals surface area (Å²) in [4.78, 5) is 58.2. The molecule has 68 heavy (non-hydrogen) atoms. The molecule has 5 aliphatic rings. The van der Waals surface area contributed by atoms with E-state index in [0.29, 0.717) is 0 Å². The highest BCUT2D eigenvalue weighted by atomic mass is 15.3. The van der Waals surface area contributed by atoms with E-state index in [9.17, 15) is 0 Å².